The van der Waals surface area contributed by atoms with Crippen molar-refractivity contribution in [2.24, 2.45) is 0 Å². The summed E-state index contributed by atoms with van der Waals surface area (Å²) in [5.41, 5.74) is 7.34. The monoisotopic (exact) mass is 207 g/mol. The Morgan fingerprint density at radius 1 is 1.40 bits per heavy atom. The van der Waals surface area contributed by atoms with Crippen molar-refractivity contribution >= 4 is 17.3 Å². The number of carbonyl (C=O) groups excluding carboxylic acids is 1. The van der Waals surface area contributed by atoms with Gasteiger partial charge >= 0.3 is 0 Å². The summed E-state index contributed by atoms with van der Waals surface area (Å²) in [6.45, 7) is 3.17. The van der Waals surface area contributed by atoms with E-state index in [1.807, 2.05) is 36.1 Å². The molecule has 0 radical (unpaired) electrons. The van der Waals surface area contributed by atoms with E-state index in [0.717, 1.165) is 17.9 Å². The fourth-order valence-electron chi connectivity index (χ4n) is 1.32. The summed E-state index contributed by atoms with van der Waals surface area (Å²) < 4.78 is 0. The van der Waals surface area contributed by atoms with Crippen molar-refractivity contribution < 1.29 is 4.79 Å². The summed E-state index contributed by atoms with van der Waals surface area (Å²) in [5.74, 6) is 0.00803. The van der Waals surface area contributed by atoms with Gasteiger partial charge in [-0.15, -0.1) is 0 Å². The van der Waals surface area contributed by atoms with Crippen molar-refractivity contribution in [1.82, 2.24) is 5.32 Å². The van der Waals surface area contributed by atoms with Gasteiger partial charge in [0.05, 0.1) is 6.54 Å². The molecular formula is C11H17N3O. The first-order chi connectivity index (χ1) is 7.17. The van der Waals surface area contributed by atoms with Crippen LogP contribution in [0.4, 0.5) is 11.4 Å². The van der Waals surface area contributed by atoms with Crippen LogP contribution in [0.1, 0.15) is 6.92 Å². The summed E-state index contributed by atoms with van der Waals surface area (Å²) in [4.78, 5) is 13.2. The Labute approximate surface area is 90.1 Å². The molecule has 0 unspecified atom stereocenters. The standard InChI is InChI=1S/C11H17N3O/c1-3-14(8-11(15)13-2)10-6-4-9(12)5-7-10/h4-7H,3,8,12H2,1-2H3,(H,13,15). The third-order valence-electron chi connectivity index (χ3n) is 2.25. The number of benzene rings is 1. The average molecular weight is 207 g/mol. The molecule has 1 amide bonds. The molecule has 0 saturated heterocycles. The minimum atomic E-state index is 0.00803. The number of carbonyl (C=O) groups is 1. The van der Waals surface area contributed by atoms with Crippen LogP contribution >= 0.6 is 0 Å². The maximum Gasteiger partial charge on any atom is 0.239 e. The summed E-state index contributed by atoms with van der Waals surface area (Å²) in [5, 5.41) is 2.61. The zero-order valence-corrected chi connectivity index (χ0v) is 9.16. The second-order valence-electron chi connectivity index (χ2n) is 3.28. The van der Waals surface area contributed by atoms with Crippen LogP contribution in [-0.2, 0) is 4.79 Å². The Bertz CT molecular complexity index is 321. The molecule has 1 aromatic carbocycles. The number of rotatable bonds is 4. The van der Waals surface area contributed by atoms with Gasteiger partial charge in [0.15, 0.2) is 0 Å². The second kappa shape index (κ2) is 5.24. The summed E-state index contributed by atoms with van der Waals surface area (Å²) in [6, 6.07) is 7.51. The van der Waals surface area contributed by atoms with Crippen LogP contribution in [0.15, 0.2) is 24.3 Å². The van der Waals surface area contributed by atoms with E-state index in [1.165, 1.54) is 0 Å². The van der Waals surface area contributed by atoms with E-state index in [1.54, 1.807) is 7.05 Å². The highest BCUT2D eigenvalue weighted by Gasteiger charge is 2.07. The number of nitrogens with two attached hydrogens (primary N) is 1. The normalized spacial score (nSPS) is 9.73. The summed E-state index contributed by atoms with van der Waals surface area (Å²) in [6.07, 6.45) is 0. The van der Waals surface area contributed by atoms with E-state index < -0.39 is 0 Å². The predicted octanol–water partition coefficient (Wildman–Crippen LogP) is 0.841. The molecular weight excluding hydrogens is 190 g/mol. The molecule has 0 fully saturated rings. The number of likely N-dealkylation sites (N-methyl/N-ethyl adjacent to an activating group) is 2. The first-order valence-electron chi connectivity index (χ1n) is 4.98. The number of nitrogens with zero attached hydrogens (tertiary/aromatic N) is 1. The van der Waals surface area contributed by atoms with Gasteiger partial charge in [-0.25, -0.2) is 0 Å². The van der Waals surface area contributed by atoms with Gasteiger partial charge < -0.3 is 16.0 Å². The first-order valence-corrected chi connectivity index (χ1v) is 4.98. The smallest absolute Gasteiger partial charge is 0.239 e. The molecule has 0 heterocycles. The molecule has 0 aliphatic heterocycles. The topological polar surface area (TPSA) is 58.4 Å². The third-order valence-corrected chi connectivity index (χ3v) is 2.25. The SMILES string of the molecule is CCN(CC(=O)NC)c1ccc(N)cc1. The van der Waals surface area contributed by atoms with Crippen LogP contribution in [0, 0.1) is 0 Å². The summed E-state index contributed by atoms with van der Waals surface area (Å²) in [7, 11) is 1.64. The van der Waals surface area contributed by atoms with E-state index in [-0.39, 0.29) is 5.91 Å². The number of nitrogens with one attached hydrogen (secondary N) is 1. The van der Waals surface area contributed by atoms with Gasteiger partial charge in [-0.1, -0.05) is 0 Å². The van der Waals surface area contributed by atoms with E-state index in [0.29, 0.717) is 6.54 Å². The zero-order valence-electron chi connectivity index (χ0n) is 9.16. The molecule has 0 aromatic heterocycles. The number of anilines is 2. The quantitative estimate of drug-likeness (QED) is 0.719. The lowest BCUT2D eigenvalue weighted by atomic mass is 10.2. The minimum Gasteiger partial charge on any atom is -0.399 e. The highest BCUT2D eigenvalue weighted by Crippen LogP contribution is 2.15. The van der Waals surface area contributed by atoms with Crippen LogP contribution in [0.2, 0.25) is 0 Å². The van der Waals surface area contributed by atoms with Crippen LogP contribution in [-0.4, -0.2) is 26.0 Å². The minimum absolute atomic E-state index is 0.00803. The number of amides is 1. The zero-order chi connectivity index (χ0) is 11.3. The summed E-state index contributed by atoms with van der Waals surface area (Å²) >= 11 is 0. The van der Waals surface area contributed by atoms with Crippen molar-refractivity contribution in [3.05, 3.63) is 24.3 Å². The van der Waals surface area contributed by atoms with Gasteiger partial charge in [-0.2, -0.15) is 0 Å². The van der Waals surface area contributed by atoms with Gasteiger partial charge in [-0.3, -0.25) is 4.79 Å². The number of hydrogen-bond donors (Lipinski definition) is 2. The average Bonchev–Trinajstić information content (AvgIpc) is 2.27. The highest BCUT2D eigenvalue weighted by molar-refractivity contribution is 5.81. The largest absolute Gasteiger partial charge is 0.399 e. The van der Waals surface area contributed by atoms with Crippen LogP contribution in [0.3, 0.4) is 0 Å². The van der Waals surface area contributed by atoms with E-state index in [4.69, 9.17) is 5.73 Å². The lowest BCUT2D eigenvalue weighted by Gasteiger charge is -2.22. The molecule has 0 aliphatic rings. The molecule has 0 atom stereocenters. The molecule has 1 rings (SSSR count). The van der Waals surface area contributed by atoms with E-state index in [2.05, 4.69) is 5.32 Å². The Hall–Kier alpha value is -1.71. The van der Waals surface area contributed by atoms with Gasteiger partial charge in [0, 0.05) is 25.0 Å². The Kier molecular flexibility index (Phi) is 3.97. The molecule has 3 N–H and O–H groups in total. The molecule has 0 aliphatic carbocycles. The van der Waals surface area contributed by atoms with E-state index >= 15 is 0 Å². The predicted molar refractivity (Wildman–Crippen MR) is 62.8 cm³/mol. The van der Waals surface area contributed by atoms with Crippen LogP contribution < -0.4 is 16.0 Å². The van der Waals surface area contributed by atoms with E-state index in [9.17, 15) is 4.79 Å². The third kappa shape index (κ3) is 3.16. The van der Waals surface area contributed by atoms with Gasteiger partial charge in [0.2, 0.25) is 5.91 Å². The molecule has 15 heavy (non-hydrogen) atoms. The molecule has 4 nitrogen and oxygen atoms in total. The molecule has 0 saturated carbocycles. The fourth-order valence-corrected chi connectivity index (χ4v) is 1.32. The number of hydrogen-bond acceptors (Lipinski definition) is 3. The maximum atomic E-state index is 11.2. The second-order valence-corrected chi connectivity index (χ2v) is 3.28. The molecule has 0 bridgehead atoms. The Balaban J connectivity index is 2.74. The lowest BCUT2D eigenvalue weighted by Crippen LogP contribution is -2.35. The molecule has 1 aromatic rings. The maximum absolute atomic E-state index is 11.2. The van der Waals surface area contributed by atoms with Gasteiger partial charge in [0.25, 0.3) is 0 Å². The van der Waals surface area contributed by atoms with Crippen molar-refractivity contribution in [2.45, 2.75) is 6.92 Å². The van der Waals surface area contributed by atoms with Crippen molar-refractivity contribution in [1.29, 1.82) is 0 Å². The molecule has 82 valence electrons. The lowest BCUT2D eigenvalue weighted by molar-refractivity contribution is -0.119. The van der Waals surface area contributed by atoms with Crippen LogP contribution in [0.25, 0.3) is 0 Å². The van der Waals surface area contributed by atoms with Gasteiger partial charge in [0.1, 0.15) is 0 Å². The van der Waals surface area contributed by atoms with Gasteiger partial charge in [-0.05, 0) is 31.2 Å². The Morgan fingerprint density at radius 2 is 2.00 bits per heavy atom. The van der Waals surface area contributed by atoms with Crippen molar-refractivity contribution in [3.8, 4) is 0 Å². The van der Waals surface area contributed by atoms with Crippen molar-refractivity contribution in [2.75, 3.05) is 30.8 Å². The highest BCUT2D eigenvalue weighted by atomic mass is 16.1. The first kappa shape index (κ1) is 11.4. The number of nitrogen functional groups attached to an aromatic ring is 1. The Morgan fingerprint density at radius 3 is 2.47 bits per heavy atom. The van der Waals surface area contributed by atoms with Crippen molar-refractivity contribution in [3.63, 3.8) is 0 Å². The molecule has 0 spiro atoms. The molecule has 4 heteroatoms. The van der Waals surface area contributed by atoms with Crippen LogP contribution in [0.5, 0.6) is 0 Å². The fraction of sp³-hybridized carbons (Fsp3) is 0.364.